The second-order valence-corrected chi connectivity index (χ2v) is 6.72. The van der Waals surface area contributed by atoms with Gasteiger partial charge in [0.15, 0.2) is 0 Å². The number of rotatable bonds is 5. The summed E-state index contributed by atoms with van der Waals surface area (Å²) < 4.78 is 5.29. The fourth-order valence-corrected chi connectivity index (χ4v) is 3.68. The Labute approximate surface area is 148 Å². The van der Waals surface area contributed by atoms with E-state index in [0.717, 1.165) is 48.1 Å². The minimum atomic E-state index is -0.302. The van der Waals surface area contributed by atoms with Gasteiger partial charge in [0.1, 0.15) is 0 Å². The molecule has 1 N–H and O–H groups in total. The van der Waals surface area contributed by atoms with Crippen LogP contribution in [0.15, 0.2) is 24.3 Å². The molecule has 0 aliphatic carbocycles. The smallest absolute Gasteiger partial charge is 0.340 e. The summed E-state index contributed by atoms with van der Waals surface area (Å²) in [5, 5.41) is 10.4. The van der Waals surface area contributed by atoms with E-state index in [9.17, 15) is 9.90 Å². The third-order valence-corrected chi connectivity index (χ3v) is 4.94. The lowest BCUT2D eigenvalue weighted by Gasteiger charge is -2.32. The Morgan fingerprint density at radius 1 is 1.40 bits per heavy atom. The minimum absolute atomic E-state index is 0.214. The maximum absolute atomic E-state index is 12.6. The monoisotopic (exact) mass is 342 g/mol. The summed E-state index contributed by atoms with van der Waals surface area (Å²) in [6.07, 6.45) is 2.12. The number of carbonyl (C=O) groups excluding carboxylic acids is 1. The second kappa shape index (κ2) is 7.93. The first-order valence-corrected chi connectivity index (χ1v) is 9.02. The number of carbonyl (C=O) groups is 1. The SMILES string of the molecule is CCOC(=O)c1c(CN2CCCC(CO)C2)nc2ccccc2c1C. The molecule has 1 aromatic heterocycles. The van der Waals surface area contributed by atoms with Gasteiger partial charge in [0.25, 0.3) is 0 Å². The molecule has 1 aliphatic heterocycles. The van der Waals surface area contributed by atoms with Gasteiger partial charge in [-0.05, 0) is 50.8 Å². The fraction of sp³-hybridized carbons (Fsp3) is 0.500. The van der Waals surface area contributed by atoms with Crippen LogP contribution in [-0.2, 0) is 11.3 Å². The van der Waals surface area contributed by atoms with Crippen molar-refractivity contribution in [3.63, 3.8) is 0 Å². The van der Waals surface area contributed by atoms with E-state index >= 15 is 0 Å². The maximum Gasteiger partial charge on any atom is 0.340 e. The highest BCUT2D eigenvalue weighted by molar-refractivity contribution is 5.98. The predicted octanol–water partition coefficient (Wildman–Crippen LogP) is 2.92. The number of aliphatic hydroxyl groups excluding tert-OH is 1. The van der Waals surface area contributed by atoms with E-state index in [2.05, 4.69) is 4.90 Å². The molecule has 0 radical (unpaired) electrons. The lowest BCUT2D eigenvalue weighted by Crippen LogP contribution is -2.37. The van der Waals surface area contributed by atoms with Gasteiger partial charge in [0, 0.05) is 25.1 Å². The molecule has 3 rings (SSSR count). The normalized spacial score (nSPS) is 18.4. The van der Waals surface area contributed by atoms with Gasteiger partial charge in [-0.25, -0.2) is 4.79 Å². The summed E-state index contributed by atoms with van der Waals surface area (Å²) in [7, 11) is 0. The number of hydrogen-bond donors (Lipinski definition) is 1. The number of nitrogens with zero attached hydrogens (tertiary/aromatic N) is 2. The molecule has 134 valence electrons. The van der Waals surface area contributed by atoms with Crippen molar-refractivity contribution in [1.82, 2.24) is 9.88 Å². The van der Waals surface area contributed by atoms with Crippen LogP contribution in [0.3, 0.4) is 0 Å². The first-order valence-electron chi connectivity index (χ1n) is 9.02. The third kappa shape index (κ3) is 3.83. The molecule has 1 unspecified atom stereocenters. The van der Waals surface area contributed by atoms with Crippen molar-refractivity contribution in [1.29, 1.82) is 0 Å². The molecular formula is C20H26N2O3. The Morgan fingerprint density at radius 3 is 2.96 bits per heavy atom. The Hall–Kier alpha value is -1.98. The van der Waals surface area contributed by atoms with Gasteiger partial charge in [0.2, 0.25) is 0 Å². The Morgan fingerprint density at radius 2 is 2.20 bits per heavy atom. The number of benzene rings is 1. The molecular weight excluding hydrogens is 316 g/mol. The summed E-state index contributed by atoms with van der Waals surface area (Å²) in [4.78, 5) is 19.6. The summed E-state index contributed by atoms with van der Waals surface area (Å²) in [5.74, 6) is 0.00492. The predicted molar refractivity (Wildman–Crippen MR) is 97.5 cm³/mol. The van der Waals surface area contributed by atoms with Crippen LogP contribution < -0.4 is 0 Å². The first-order chi connectivity index (χ1) is 12.1. The van der Waals surface area contributed by atoms with Crippen LogP contribution in [0, 0.1) is 12.8 Å². The summed E-state index contributed by atoms with van der Waals surface area (Å²) in [5.41, 5.74) is 3.19. The van der Waals surface area contributed by atoms with E-state index in [0.29, 0.717) is 24.6 Å². The van der Waals surface area contributed by atoms with Crippen LogP contribution in [-0.4, -0.2) is 47.3 Å². The topological polar surface area (TPSA) is 62.7 Å². The molecule has 0 bridgehead atoms. The van der Waals surface area contributed by atoms with Crippen molar-refractivity contribution in [2.75, 3.05) is 26.3 Å². The molecule has 0 saturated carbocycles. The zero-order chi connectivity index (χ0) is 17.8. The van der Waals surface area contributed by atoms with Crippen molar-refractivity contribution < 1.29 is 14.6 Å². The van der Waals surface area contributed by atoms with E-state index in [-0.39, 0.29) is 12.6 Å². The molecule has 25 heavy (non-hydrogen) atoms. The quantitative estimate of drug-likeness (QED) is 0.847. The summed E-state index contributed by atoms with van der Waals surface area (Å²) in [6, 6.07) is 7.90. The van der Waals surface area contributed by atoms with E-state index in [1.165, 1.54) is 0 Å². The highest BCUT2D eigenvalue weighted by Gasteiger charge is 2.24. The Balaban J connectivity index is 1.99. The van der Waals surface area contributed by atoms with E-state index in [4.69, 9.17) is 9.72 Å². The van der Waals surface area contributed by atoms with Crippen LogP contribution in [0.1, 0.15) is 41.4 Å². The van der Waals surface area contributed by atoms with Crippen molar-refractivity contribution in [2.45, 2.75) is 33.2 Å². The number of aliphatic hydroxyl groups is 1. The average molecular weight is 342 g/mol. The second-order valence-electron chi connectivity index (χ2n) is 6.72. The number of aromatic nitrogens is 1. The number of likely N-dealkylation sites (tertiary alicyclic amines) is 1. The largest absolute Gasteiger partial charge is 0.462 e. The van der Waals surface area contributed by atoms with Gasteiger partial charge >= 0.3 is 5.97 Å². The van der Waals surface area contributed by atoms with Crippen LogP contribution in [0.2, 0.25) is 0 Å². The average Bonchev–Trinajstić information content (AvgIpc) is 2.62. The molecule has 0 amide bonds. The molecule has 5 nitrogen and oxygen atoms in total. The van der Waals surface area contributed by atoms with E-state index in [1.807, 2.05) is 38.1 Å². The number of para-hydroxylation sites is 1. The fourth-order valence-electron chi connectivity index (χ4n) is 3.68. The molecule has 1 atom stereocenters. The van der Waals surface area contributed by atoms with Gasteiger partial charge in [0.05, 0.1) is 23.4 Å². The molecule has 1 saturated heterocycles. The molecule has 5 heteroatoms. The summed E-state index contributed by atoms with van der Waals surface area (Å²) in [6.45, 7) is 6.76. The molecule has 1 fully saturated rings. The van der Waals surface area contributed by atoms with Crippen LogP contribution in [0.5, 0.6) is 0 Å². The molecule has 0 spiro atoms. The zero-order valence-corrected chi connectivity index (χ0v) is 15.0. The lowest BCUT2D eigenvalue weighted by atomic mass is 9.97. The van der Waals surface area contributed by atoms with Crippen molar-refractivity contribution in [3.8, 4) is 0 Å². The van der Waals surface area contributed by atoms with E-state index in [1.54, 1.807) is 0 Å². The van der Waals surface area contributed by atoms with Crippen molar-refractivity contribution >= 4 is 16.9 Å². The van der Waals surface area contributed by atoms with Crippen LogP contribution in [0.4, 0.5) is 0 Å². The van der Waals surface area contributed by atoms with Crippen LogP contribution in [0.25, 0.3) is 10.9 Å². The van der Waals surface area contributed by atoms with Crippen molar-refractivity contribution in [3.05, 3.63) is 41.1 Å². The Kier molecular flexibility index (Phi) is 5.66. The standard InChI is InChI=1S/C20H26N2O3/c1-3-25-20(24)19-14(2)16-8-4-5-9-17(16)21-18(19)12-22-10-6-7-15(11-22)13-23/h4-5,8-9,15,23H,3,6-7,10-13H2,1-2H3. The van der Waals surface area contributed by atoms with Gasteiger partial charge in [-0.2, -0.15) is 0 Å². The van der Waals surface area contributed by atoms with Crippen LogP contribution >= 0.6 is 0 Å². The Bertz CT molecular complexity index is 760. The molecule has 1 aliphatic rings. The summed E-state index contributed by atoms with van der Waals surface area (Å²) >= 11 is 0. The lowest BCUT2D eigenvalue weighted by molar-refractivity contribution is 0.0520. The number of hydrogen-bond acceptors (Lipinski definition) is 5. The molecule has 2 heterocycles. The van der Waals surface area contributed by atoms with Gasteiger partial charge in [-0.1, -0.05) is 18.2 Å². The first kappa shape index (κ1) is 17.8. The van der Waals surface area contributed by atoms with E-state index < -0.39 is 0 Å². The number of piperidine rings is 1. The van der Waals surface area contributed by atoms with Gasteiger partial charge < -0.3 is 9.84 Å². The highest BCUT2D eigenvalue weighted by atomic mass is 16.5. The third-order valence-electron chi connectivity index (χ3n) is 4.94. The maximum atomic E-state index is 12.6. The van der Waals surface area contributed by atoms with Crippen molar-refractivity contribution in [2.24, 2.45) is 5.92 Å². The number of fused-ring (bicyclic) bond motifs is 1. The number of pyridine rings is 1. The van der Waals surface area contributed by atoms with Gasteiger partial charge in [-0.15, -0.1) is 0 Å². The number of ether oxygens (including phenoxy) is 1. The van der Waals surface area contributed by atoms with Gasteiger partial charge in [-0.3, -0.25) is 9.88 Å². The molecule has 2 aromatic rings. The number of aryl methyl sites for hydroxylation is 1. The molecule has 1 aromatic carbocycles. The number of esters is 1. The minimum Gasteiger partial charge on any atom is -0.462 e. The zero-order valence-electron chi connectivity index (χ0n) is 15.0. The highest BCUT2D eigenvalue weighted by Crippen LogP contribution is 2.26.